The molecule has 1 aliphatic heterocycles. The van der Waals surface area contributed by atoms with Crippen molar-refractivity contribution in [3.63, 3.8) is 0 Å². The molecular formula is C21H16F5N3O5. The van der Waals surface area contributed by atoms with Gasteiger partial charge in [-0.1, -0.05) is 23.4 Å². The van der Waals surface area contributed by atoms with Gasteiger partial charge >= 0.3 is 18.1 Å². The molecule has 1 fully saturated rings. The minimum Gasteiger partial charge on any atom is -0.473 e. The van der Waals surface area contributed by atoms with Gasteiger partial charge in [0.05, 0.1) is 11.5 Å². The highest BCUT2D eigenvalue weighted by molar-refractivity contribution is 6.27. The van der Waals surface area contributed by atoms with Crippen molar-refractivity contribution < 1.29 is 46.3 Å². The minimum atomic E-state index is -4.45. The first kappa shape index (κ1) is 24.8. The molecule has 180 valence electrons. The SMILES string of the molecule is Fc1ccc(CN2CC(c3nc(-c4cccc(C(F)(F)F)c4)no3)C2)cc1F.O=C(O)C(=O)O. The molecule has 0 unspecified atom stereocenters. The number of carboxylic acids is 2. The van der Waals surface area contributed by atoms with E-state index >= 15 is 0 Å². The zero-order valence-corrected chi connectivity index (χ0v) is 17.1. The van der Waals surface area contributed by atoms with Crippen LogP contribution >= 0.6 is 0 Å². The first-order valence-electron chi connectivity index (χ1n) is 9.57. The number of aliphatic carboxylic acids is 2. The molecule has 4 rings (SSSR count). The van der Waals surface area contributed by atoms with Crippen molar-refractivity contribution in [1.29, 1.82) is 0 Å². The Hall–Kier alpha value is -3.87. The predicted octanol–water partition coefficient (Wildman–Crippen LogP) is 3.79. The highest BCUT2D eigenvalue weighted by Crippen LogP contribution is 2.33. The molecule has 0 spiro atoms. The summed E-state index contributed by atoms with van der Waals surface area (Å²) in [5.74, 6) is -5.05. The average Bonchev–Trinajstić information content (AvgIpc) is 3.22. The highest BCUT2D eigenvalue weighted by Gasteiger charge is 2.33. The molecule has 0 aliphatic carbocycles. The Balaban J connectivity index is 0.000000481. The monoisotopic (exact) mass is 485 g/mol. The van der Waals surface area contributed by atoms with Crippen molar-refractivity contribution in [2.24, 2.45) is 0 Å². The second kappa shape index (κ2) is 9.95. The largest absolute Gasteiger partial charge is 0.473 e. The molecule has 0 radical (unpaired) electrons. The number of carboxylic acid groups (broad SMARTS) is 2. The Morgan fingerprint density at radius 3 is 2.29 bits per heavy atom. The maximum Gasteiger partial charge on any atom is 0.416 e. The van der Waals surface area contributed by atoms with Crippen molar-refractivity contribution in [2.75, 3.05) is 13.1 Å². The van der Waals surface area contributed by atoms with Gasteiger partial charge < -0.3 is 14.7 Å². The third-order valence-corrected chi connectivity index (χ3v) is 4.77. The number of benzene rings is 2. The summed E-state index contributed by atoms with van der Waals surface area (Å²) in [6.45, 7) is 1.59. The maximum absolute atomic E-state index is 13.3. The number of alkyl halides is 3. The third kappa shape index (κ3) is 6.13. The Bertz CT molecular complexity index is 1180. The van der Waals surface area contributed by atoms with Gasteiger partial charge in [-0.15, -0.1) is 0 Å². The second-order valence-corrected chi connectivity index (χ2v) is 7.28. The third-order valence-electron chi connectivity index (χ3n) is 4.77. The lowest BCUT2D eigenvalue weighted by Crippen LogP contribution is -2.44. The lowest BCUT2D eigenvalue weighted by molar-refractivity contribution is -0.159. The number of halogens is 5. The number of carbonyl (C=O) groups is 2. The van der Waals surface area contributed by atoms with E-state index in [9.17, 15) is 22.0 Å². The van der Waals surface area contributed by atoms with Gasteiger partial charge in [-0.05, 0) is 29.8 Å². The fourth-order valence-electron chi connectivity index (χ4n) is 3.10. The summed E-state index contributed by atoms with van der Waals surface area (Å²) in [6.07, 6.45) is -4.45. The number of hydrogen-bond acceptors (Lipinski definition) is 6. The molecule has 3 aromatic rings. The van der Waals surface area contributed by atoms with E-state index in [1.54, 1.807) is 0 Å². The number of aromatic nitrogens is 2. The topological polar surface area (TPSA) is 117 Å². The van der Waals surface area contributed by atoms with Crippen LogP contribution in [0.25, 0.3) is 11.4 Å². The molecule has 1 saturated heterocycles. The van der Waals surface area contributed by atoms with Gasteiger partial charge in [0.15, 0.2) is 11.6 Å². The first-order chi connectivity index (χ1) is 15.9. The molecule has 2 N–H and O–H groups in total. The number of hydrogen-bond donors (Lipinski definition) is 2. The van der Waals surface area contributed by atoms with Crippen LogP contribution in [0.15, 0.2) is 47.0 Å². The van der Waals surface area contributed by atoms with Crippen LogP contribution in [0.1, 0.15) is 22.9 Å². The minimum absolute atomic E-state index is 0.0580. The molecule has 8 nitrogen and oxygen atoms in total. The molecule has 0 saturated carbocycles. The zero-order valence-electron chi connectivity index (χ0n) is 17.1. The average molecular weight is 485 g/mol. The van der Waals surface area contributed by atoms with Crippen molar-refractivity contribution in [3.8, 4) is 11.4 Å². The predicted molar refractivity (Wildman–Crippen MR) is 104 cm³/mol. The van der Waals surface area contributed by atoms with Crippen LogP contribution in [0.2, 0.25) is 0 Å². The molecule has 2 aromatic carbocycles. The van der Waals surface area contributed by atoms with Crippen molar-refractivity contribution in [2.45, 2.75) is 18.6 Å². The molecular weight excluding hydrogens is 469 g/mol. The summed E-state index contributed by atoms with van der Waals surface area (Å²) in [6, 6.07) is 8.49. The lowest BCUT2D eigenvalue weighted by Gasteiger charge is -2.37. The summed E-state index contributed by atoms with van der Waals surface area (Å²) in [7, 11) is 0. The van der Waals surface area contributed by atoms with E-state index < -0.39 is 35.3 Å². The fraction of sp³-hybridized carbons (Fsp3) is 0.238. The normalized spacial score (nSPS) is 14.1. The van der Waals surface area contributed by atoms with Gasteiger partial charge in [-0.25, -0.2) is 18.4 Å². The molecule has 2 heterocycles. The van der Waals surface area contributed by atoms with Crippen LogP contribution in [0.4, 0.5) is 22.0 Å². The summed E-state index contributed by atoms with van der Waals surface area (Å²) >= 11 is 0. The van der Waals surface area contributed by atoms with Crippen LogP contribution in [0.3, 0.4) is 0 Å². The second-order valence-electron chi connectivity index (χ2n) is 7.28. The van der Waals surface area contributed by atoms with E-state index in [1.165, 1.54) is 18.2 Å². The van der Waals surface area contributed by atoms with Crippen LogP contribution in [0, 0.1) is 11.6 Å². The standard InChI is InChI=1S/C19H14F5N3O.C2H2O4/c20-15-5-4-11(6-16(15)21)8-27-9-13(10-27)18-25-17(26-28-18)12-2-1-3-14(7-12)19(22,23)24;3-1(4)2(5)6/h1-7,13H,8-10H2;(H,3,4)(H,5,6). The van der Waals surface area contributed by atoms with Gasteiger partial charge in [0.1, 0.15) is 0 Å². The van der Waals surface area contributed by atoms with Crippen LogP contribution in [-0.2, 0) is 22.3 Å². The van der Waals surface area contributed by atoms with Gasteiger partial charge in [-0.2, -0.15) is 18.2 Å². The van der Waals surface area contributed by atoms with E-state index in [0.717, 1.165) is 24.3 Å². The summed E-state index contributed by atoms with van der Waals surface area (Å²) < 4.78 is 69.9. The van der Waals surface area contributed by atoms with E-state index in [1.807, 2.05) is 4.90 Å². The van der Waals surface area contributed by atoms with Crippen molar-refractivity contribution >= 4 is 11.9 Å². The Kier molecular flexibility index (Phi) is 7.25. The number of rotatable bonds is 4. The number of nitrogens with zero attached hydrogens (tertiary/aromatic N) is 3. The molecule has 0 atom stereocenters. The summed E-state index contributed by atoms with van der Waals surface area (Å²) in [5, 5.41) is 18.6. The van der Waals surface area contributed by atoms with Crippen LogP contribution < -0.4 is 0 Å². The van der Waals surface area contributed by atoms with Gasteiger partial charge in [-0.3, -0.25) is 4.90 Å². The van der Waals surface area contributed by atoms with Crippen molar-refractivity contribution in [3.05, 3.63) is 71.1 Å². The summed E-state index contributed by atoms with van der Waals surface area (Å²) in [5.41, 5.74) is 0.0908. The maximum atomic E-state index is 13.3. The highest BCUT2D eigenvalue weighted by atomic mass is 19.4. The molecule has 34 heavy (non-hydrogen) atoms. The van der Waals surface area contributed by atoms with Crippen LogP contribution in [0.5, 0.6) is 0 Å². The molecule has 13 heteroatoms. The van der Waals surface area contributed by atoms with Gasteiger partial charge in [0, 0.05) is 25.2 Å². The quantitative estimate of drug-likeness (QED) is 0.424. The molecule has 1 aliphatic rings. The van der Waals surface area contributed by atoms with Gasteiger partial charge in [0.25, 0.3) is 0 Å². The van der Waals surface area contributed by atoms with Crippen LogP contribution in [-0.4, -0.2) is 50.3 Å². The molecule has 0 amide bonds. The van der Waals surface area contributed by atoms with Gasteiger partial charge in [0.2, 0.25) is 11.7 Å². The number of likely N-dealkylation sites (tertiary alicyclic amines) is 1. The van der Waals surface area contributed by atoms with E-state index in [2.05, 4.69) is 10.1 Å². The smallest absolute Gasteiger partial charge is 0.416 e. The Labute approximate surface area is 188 Å². The summed E-state index contributed by atoms with van der Waals surface area (Å²) in [4.78, 5) is 24.4. The molecule has 1 aromatic heterocycles. The van der Waals surface area contributed by atoms with Crippen molar-refractivity contribution in [1.82, 2.24) is 15.0 Å². The Morgan fingerprint density at radius 2 is 1.71 bits per heavy atom. The first-order valence-corrected chi connectivity index (χ1v) is 9.57. The lowest BCUT2D eigenvalue weighted by atomic mass is 9.99. The Morgan fingerprint density at radius 1 is 1.03 bits per heavy atom. The fourth-order valence-corrected chi connectivity index (χ4v) is 3.10. The van der Waals surface area contributed by atoms with E-state index in [-0.39, 0.29) is 17.3 Å². The van der Waals surface area contributed by atoms with E-state index in [0.29, 0.717) is 31.1 Å². The van der Waals surface area contributed by atoms with E-state index in [4.69, 9.17) is 24.3 Å². The zero-order chi connectivity index (χ0) is 25.0. The molecule has 0 bridgehead atoms.